The first-order valence-electron chi connectivity index (χ1n) is 9.60. The molecule has 0 amide bonds. The molecule has 2 heterocycles. The lowest BCUT2D eigenvalue weighted by atomic mass is 9.71. The highest BCUT2D eigenvalue weighted by molar-refractivity contribution is 5.71. The van der Waals surface area contributed by atoms with Crippen molar-refractivity contribution in [2.75, 3.05) is 19.6 Å². The van der Waals surface area contributed by atoms with Gasteiger partial charge in [0, 0.05) is 43.1 Å². The second kappa shape index (κ2) is 7.02. The van der Waals surface area contributed by atoms with E-state index in [4.69, 9.17) is 5.26 Å². The van der Waals surface area contributed by atoms with Crippen LogP contribution in [0.4, 0.5) is 4.39 Å². The summed E-state index contributed by atoms with van der Waals surface area (Å²) in [6, 6.07) is 8.21. The van der Waals surface area contributed by atoms with E-state index in [1.807, 2.05) is 18.2 Å². The van der Waals surface area contributed by atoms with Crippen molar-refractivity contribution in [2.24, 2.45) is 5.41 Å². The fourth-order valence-corrected chi connectivity index (χ4v) is 4.61. The van der Waals surface area contributed by atoms with Crippen LogP contribution in [0.2, 0.25) is 0 Å². The van der Waals surface area contributed by atoms with Crippen LogP contribution in [-0.2, 0) is 6.54 Å². The third kappa shape index (κ3) is 3.24. The summed E-state index contributed by atoms with van der Waals surface area (Å²) in [7, 11) is 0. The Morgan fingerprint density at radius 3 is 2.88 bits per heavy atom. The van der Waals surface area contributed by atoms with Crippen LogP contribution >= 0.6 is 0 Å². The highest BCUT2D eigenvalue weighted by Crippen LogP contribution is 2.43. The van der Waals surface area contributed by atoms with E-state index in [9.17, 15) is 9.50 Å². The molecule has 26 heavy (non-hydrogen) atoms. The number of halogens is 1. The normalized spacial score (nSPS) is 31.5. The average molecular weight is 355 g/mol. The minimum Gasteiger partial charge on any atom is -0.507 e. The molecule has 0 saturated carbocycles. The summed E-state index contributed by atoms with van der Waals surface area (Å²) in [5.74, 6) is 0.325. The van der Waals surface area contributed by atoms with Crippen molar-refractivity contribution in [3.8, 4) is 11.8 Å². The average Bonchev–Trinajstić information content (AvgIpc) is 3.34. The summed E-state index contributed by atoms with van der Waals surface area (Å²) in [5, 5.41) is 22.7. The second-order valence-electron chi connectivity index (χ2n) is 7.95. The molecule has 0 spiro atoms. The van der Waals surface area contributed by atoms with Crippen LogP contribution in [0.5, 0.6) is 5.75 Å². The summed E-state index contributed by atoms with van der Waals surface area (Å²) in [4.78, 5) is 2.10. The molecule has 4 nitrogen and oxygen atoms in total. The first-order chi connectivity index (χ1) is 12.6. The van der Waals surface area contributed by atoms with Crippen LogP contribution in [-0.4, -0.2) is 41.9 Å². The van der Waals surface area contributed by atoms with E-state index in [1.54, 1.807) is 0 Å². The molecule has 1 aromatic carbocycles. The number of phenols is 1. The van der Waals surface area contributed by atoms with Crippen LogP contribution in [0.3, 0.4) is 0 Å². The molecule has 3 unspecified atom stereocenters. The summed E-state index contributed by atoms with van der Waals surface area (Å²) in [5.41, 5.74) is 2.65. The highest BCUT2D eigenvalue weighted by atomic mass is 19.1. The van der Waals surface area contributed by atoms with Gasteiger partial charge in [0.25, 0.3) is 0 Å². The van der Waals surface area contributed by atoms with Crippen molar-refractivity contribution in [3.63, 3.8) is 0 Å². The minimum atomic E-state index is -0.993. The molecular formula is C21H26FN3O. The quantitative estimate of drug-likeness (QED) is 0.795. The van der Waals surface area contributed by atoms with Crippen LogP contribution in [0.25, 0.3) is 5.57 Å². The van der Waals surface area contributed by atoms with Crippen molar-refractivity contribution >= 4 is 5.57 Å². The van der Waals surface area contributed by atoms with E-state index < -0.39 is 11.6 Å². The monoisotopic (exact) mass is 355 g/mol. The van der Waals surface area contributed by atoms with Gasteiger partial charge in [-0.3, -0.25) is 4.90 Å². The summed E-state index contributed by atoms with van der Waals surface area (Å²) in [6.45, 7) is 2.60. The van der Waals surface area contributed by atoms with Gasteiger partial charge < -0.3 is 10.4 Å². The van der Waals surface area contributed by atoms with Gasteiger partial charge in [0.15, 0.2) is 0 Å². The Morgan fingerprint density at radius 2 is 2.27 bits per heavy atom. The fourth-order valence-electron chi connectivity index (χ4n) is 4.61. The lowest BCUT2D eigenvalue weighted by Gasteiger charge is -2.43. The zero-order valence-corrected chi connectivity index (χ0v) is 15.0. The zero-order chi connectivity index (χ0) is 18.1. The second-order valence-corrected chi connectivity index (χ2v) is 7.95. The third-order valence-electron chi connectivity index (χ3n) is 6.30. The smallest absolute Gasteiger partial charge is 0.123 e. The van der Waals surface area contributed by atoms with Crippen LogP contribution < -0.4 is 5.32 Å². The van der Waals surface area contributed by atoms with Gasteiger partial charge in [0.05, 0.1) is 6.07 Å². The number of benzene rings is 1. The van der Waals surface area contributed by atoms with E-state index in [1.165, 1.54) is 5.57 Å². The molecule has 3 aliphatic rings. The lowest BCUT2D eigenvalue weighted by molar-refractivity contribution is 0.00518. The van der Waals surface area contributed by atoms with Crippen LogP contribution in [0.15, 0.2) is 24.3 Å². The zero-order valence-electron chi connectivity index (χ0n) is 15.0. The van der Waals surface area contributed by atoms with E-state index in [0.717, 1.165) is 43.5 Å². The molecule has 1 aliphatic carbocycles. The Hall–Kier alpha value is -1.90. The Labute approximate surface area is 154 Å². The van der Waals surface area contributed by atoms with Gasteiger partial charge in [0.2, 0.25) is 0 Å². The van der Waals surface area contributed by atoms with Gasteiger partial charge in [0.1, 0.15) is 11.9 Å². The fraction of sp³-hybridized carbons (Fsp3) is 0.571. The molecule has 2 saturated heterocycles. The molecule has 0 radical (unpaired) electrons. The number of nitrogens with one attached hydrogen (secondary N) is 1. The number of hydrogen-bond donors (Lipinski definition) is 2. The number of piperidine rings is 1. The number of likely N-dealkylation sites (tertiary alicyclic amines) is 1. The minimum absolute atomic E-state index is 0.155. The first-order valence-corrected chi connectivity index (χ1v) is 9.60. The third-order valence-corrected chi connectivity index (χ3v) is 6.30. The van der Waals surface area contributed by atoms with Crippen LogP contribution in [0, 0.1) is 16.7 Å². The summed E-state index contributed by atoms with van der Waals surface area (Å²) < 4.78 is 15.0. The molecule has 5 heteroatoms. The van der Waals surface area contributed by atoms with Gasteiger partial charge in [-0.15, -0.1) is 0 Å². The Morgan fingerprint density at radius 1 is 1.42 bits per heavy atom. The van der Waals surface area contributed by atoms with Crippen molar-refractivity contribution < 1.29 is 9.50 Å². The highest BCUT2D eigenvalue weighted by Gasteiger charge is 2.53. The lowest BCUT2D eigenvalue weighted by Crippen LogP contribution is -2.51. The van der Waals surface area contributed by atoms with E-state index in [2.05, 4.69) is 22.4 Å². The maximum Gasteiger partial charge on any atom is 0.123 e. The maximum atomic E-state index is 15.0. The molecule has 2 fully saturated rings. The van der Waals surface area contributed by atoms with Crippen molar-refractivity contribution in [1.82, 2.24) is 10.2 Å². The standard InChI is InChI=1S/C21H26FN3O/c22-19-14-25(10-8-21(19,7-9-23)20-12-24-20)13-15-5-6-17(18(26)11-15)16-3-1-2-4-16/h3,5-6,11,19-20,24,26H,1-2,4,7-8,10,12-14H2. The van der Waals surface area contributed by atoms with Gasteiger partial charge in [-0.1, -0.05) is 18.2 Å². The maximum absolute atomic E-state index is 15.0. The molecule has 138 valence electrons. The largest absolute Gasteiger partial charge is 0.507 e. The number of aromatic hydroxyl groups is 1. The van der Waals surface area contributed by atoms with Gasteiger partial charge in [-0.25, -0.2) is 4.39 Å². The van der Waals surface area contributed by atoms with Gasteiger partial charge >= 0.3 is 0 Å². The van der Waals surface area contributed by atoms with Crippen molar-refractivity contribution in [2.45, 2.75) is 50.9 Å². The predicted molar refractivity (Wildman–Crippen MR) is 99.2 cm³/mol. The topological polar surface area (TPSA) is 69.2 Å². The SMILES string of the molecule is N#CCC1(C2CN2)CCN(Cc2ccc(C3=CCCC3)c(O)c2)CC1F. The molecule has 4 rings (SSSR count). The number of nitriles is 1. The Bertz CT molecular complexity index is 752. The number of allylic oxidation sites excluding steroid dienone is 2. The molecule has 2 aliphatic heterocycles. The van der Waals surface area contributed by atoms with E-state index in [-0.39, 0.29) is 12.5 Å². The summed E-state index contributed by atoms with van der Waals surface area (Å²) >= 11 is 0. The van der Waals surface area contributed by atoms with Gasteiger partial charge in [-0.05, 0) is 49.4 Å². The molecule has 0 aromatic heterocycles. The van der Waals surface area contributed by atoms with Crippen molar-refractivity contribution in [3.05, 3.63) is 35.4 Å². The molecule has 2 N–H and O–H groups in total. The molecule has 1 aromatic rings. The Kier molecular flexibility index (Phi) is 4.73. The number of nitrogens with zero attached hydrogens (tertiary/aromatic N) is 2. The molecule has 0 bridgehead atoms. The Balaban J connectivity index is 1.42. The van der Waals surface area contributed by atoms with Crippen LogP contribution in [0.1, 0.15) is 43.2 Å². The predicted octanol–water partition coefficient (Wildman–Crippen LogP) is 3.38. The number of alkyl halides is 1. The van der Waals surface area contributed by atoms with E-state index >= 15 is 0 Å². The van der Waals surface area contributed by atoms with Gasteiger partial charge in [-0.2, -0.15) is 5.26 Å². The number of hydrogen-bond acceptors (Lipinski definition) is 4. The molecular weight excluding hydrogens is 329 g/mol. The van der Waals surface area contributed by atoms with Crippen molar-refractivity contribution in [1.29, 1.82) is 5.26 Å². The number of rotatable bonds is 5. The molecule has 3 atom stereocenters. The summed E-state index contributed by atoms with van der Waals surface area (Å²) in [6.07, 6.45) is 5.46. The first kappa shape index (κ1) is 17.5. The number of phenolic OH excluding ortho intramolecular Hbond substituents is 1. The van der Waals surface area contributed by atoms with E-state index in [0.29, 0.717) is 25.3 Å².